The molecule has 3 nitrogen and oxygen atoms in total. The van der Waals surface area contributed by atoms with Gasteiger partial charge in [-0.3, -0.25) is 4.79 Å². The Morgan fingerprint density at radius 3 is 2.50 bits per heavy atom. The van der Waals surface area contributed by atoms with Crippen LogP contribution in [0.2, 0.25) is 0 Å². The fourth-order valence-electron chi connectivity index (χ4n) is 2.97. The molecule has 0 saturated carbocycles. The third-order valence-corrected chi connectivity index (χ3v) is 4.33. The number of carbonyl (C=O) groups is 1. The number of hydrogen-bond acceptors (Lipinski definition) is 3. The van der Waals surface area contributed by atoms with E-state index in [9.17, 15) is 4.79 Å². The normalized spacial score (nSPS) is 16.2. The maximum atomic E-state index is 11.8. The van der Waals surface area contributed by atoms with Gasteiger partial charge in [0, 0.05) is 24.3 Å². The number of nitrogens with zero attached hydrogens (tertiary/aromatic N) is 2. The lowest BCUT2D eigenvalue weighted by Gasteiger charge is -2.36. The highest BCUT2D eigenvalue weighted by Crippen LogP contribution is 2.30. The Morgan fingerprint density at radius 2 is 2.00 bits per heavy atom. The Hall–Kier alpha value is -1.82. The Kier molecular flexibility index (Phi) is 4.44. The third kappa shape index (κ3) is 3.01. The highest BCUT2D eigenvalue weighted by atomic mass is 16.1. The van der Waals surface area contributed by atoms with Crippen molar-refractivity contribution in [3.8, 4) is 6.07 Å². The third-order valence-electron chi connectivity index (χ3n) is 4.33. The molecule has 1 aliphatic heterocycles. The maximum absolute atomic E-state index is 11.8. The molecule has 0 bridgehead atoms. The van der Waals surface area contributed by atoms with Crippen molar-refractivity contribution in [1.29, 1.82) is 5.26 Å². The first-order chi connectivity index (χ1) is 9.52. The second-order valence-electron chi connectivity index (χ2n) is 5.97. The average molecular weight is 270 g/mol. The van der Waals surface area contributed by atoms with E-state index in [1.165, 1.54) is 0 Å². The molecule has 0 unspecified atom stereocenters. The van der Waals surface area contributed by atoms with E-state index < -0.39 is 0 Å². The highest BCUT2D eigenvalue weighted by Gasteiger charge is 2.23. The van der Waals surface area contributed by atoms with Gasteiger partial charge in [-0.1, -0.05) is 13.8 Å². The summed E-state index contributed by atoms with van der Waals surface area (Å²) in [5.74, 6) is 1.55. The SMILES string of the molecule is CC(=O)c1ccc(C#N)cc1N1CCC(C(C)C)CC1. The Morgan fingerprint density at radius 1 is 1.35 bits per heavy atom. The number of hydrogen-bond donors (Lipinski definition) is 0. The number of nitriles is 1. The van der Waals surface area contributed by atoms with E-state index in [4.69, 9.17) is 5.26 Å². The minimum Gasteiger partial charge on any atom is -0.371 e. The van der Waals surface area contributed by atoms with Crippen LogP contribution in [0.3, 0.4) is 0 Å². The second-order valence-corrected chi connectivity index (χ2v) is 5.97. The van der Waals surface area contributed by atoms with Crippen molar-refractivity contribution in [3.63, 3.8) is 0 Å². The van der Waals surface area contributed by atoms with Crippen LogP contribution in [-0.4, -0.2) is 18.9 Å². The average Bonchev–Trinajstić information content (AvgIpc) is 2.46. The molecular formula is C17H22N2O. The molecule has 1 heterocycles. The fraction of sp³-hybridized carbons (Fsp3) is 0.529. The van der Waals surface area contributed by atoms with Crippen molar-refractivity contribution >= 4 is 11.5 Å². The molecule has 3 heteroatoms. The van der Waals surface area contributed by atoms with Gasteiger partial charge in [0.2, 0.25) is 0 Å². The van der Waals surface area contributed by atoms with Crippen LogP contribution in [-0.2, 0) is 0 Å². The van der Waals surface area contributed by atoms with E-state index in [0.717, 1.165) is 49.0 Å². The minimum atomic E-state index is 0.0653. The van der Waals surface area contributed by atoms with E-state index in [2.05, 4.69) is 24.8 Å². The van der Waals surface area contributed by atoms with Gasteiger partial charge in [-0.2, -0.15) is 5.26 Å². The summed E-state index contributed by atoms with van der Waals surface area (Å²) in [5.41, 5.74) is 2.28. The topological polar surface area (TPSA) is 44.1 Å². The monoisotopic (exact) mass is 270 g/mol. The highest BCUT2D eigenvalue weighted by molar-refractivity contribution is 6.00. The summed E-state index contributed by atoms with van der Waals surface area (Å²) in [6.07, 6.45) is 2.32. The molecule has 1 aromatic rings. The largest absolute Gasteiger partial charge is 0.371 e. The van der Waals surface area contributed by atoms with Crippen molar-refractivity contribution in [2.75, 3.05) is 18.0 Å². The zero-order valence-corrected chi connectivity index (χ0v) is 12.5. The zero-order valence-electron chi connectivity index (χ0n) is 12.5. The zero-order chi connectivity index (χ0) is 14.7. The van der Waals surface area contributed by atoms with Crippen molar-refractivity contribution in [2.24, 2.45) is 11.8 Å². The standard InChI is InChI=1S/C17H22N2O/c1-12(2)15-6-8-19(9-7-15)17-10-14(11-18)4-5-16(17)13(3)20/h4-5,10,12,15H,6-9H2,1-3H3. The summed E-state index contributed by atoms with van der Waals surface area (Å²) in [5, 5.41) is 9.05. The van der Waals surface area contributed by atoms with Crippen LogP contribution in [0.5, 0.6) is 0 Å². The number of benzene rings is 1. The molecular weight excluding hydrogens is 248 g/mol. The van der Waals surface area contributed by atoms with Crippen LogP contribution in [0.25, 0.3) is 0 Å². The lowest BCUT2D eigenvalue weighted by atomic mass is 9.86. The van der Waals surface area contributed by atoms with E-state index in [0.29, 0.717) is 5.56 Å². The molecule has 106 valence electrons. The number of anilines is 1. The van der Waals surface area contributed by atoms with Crippen LogP contribution in [0.1, 0.15) is 49.5 Å². The molecule has 1 saturated heterocycles. The molecule has 20 heavy (non-hydrogen) atoms. The van der Waals surface area contributed by atoms with Crippen LogP contribution >= 0.6 is 0 Å². The number of ketones is 1. The molecule has 0 N–H and O–H groups in total. The number of Topliss-reactive ketones (excluding diaryl/α,β-unsaturated/α-hetero) is 1. The molecule has 0 aromatic heterocycles. The quantitative estimate of drug-likeness (QED) is 0.788. The fourth-order valence-corrected chi connectivity index (χ4v) is 2.97. The van der Waals surface area contributed by atoms with E-state index in [1.54, 1.807) is 19.1 Å². The van der Waals surface area contributed by atoms with Gasteiger partial charge in [-0.15, -0.1) is 0 Å². The molecule has 0 amide bonds. The van der Waals surface area contributed by atoms with Gasteiger partial charge in [0.15, 0.2) is 5.78 Å². The van der Waals surface area contributed by atoms with Crippen molar-refractivity contribution in [1.82, 2.24) is 0 Å². The first kappa shape index (κ1) is 14.6. The molecule has 0 aliphatic carbocycles. The Bertz CT molecular complexity index is 534. The van der Waals surface area contributed by atoms with Crippen LogP contribution in [0, 0.1) is 23.2 Å². The summed E-state index contributed by atoms with van der Waals surface area (Å²) in [7, 11) is 0. The van der Waals surface area contributed by atoms with Crippen LogP contribution in [0.4, 0.5) is 5.69 Å². The summed E-state index contributed by atoms with van der Waals surface area (Å²) in [6, 6.07) is 7.52. The molecule has 2 rings (SSSR count). The maximum Gasteiger partial charge on any atom is 0.161 e. The molecule has 0 spiro atoms. The van der Waals surface area contributed by atoms with Gasteiger partial charge in [-0.25, -0.2) is 0 Å². The molecule has 1 aliphatic rings. The van der Waals surface area contributed by atoms with Crippen molar-refractivity contribution in [3.05, 3.63) is 29.3 Å². The second kappa shape index (κ2) is 6.09. The van der Waals surface area contributed by atoms with Gasteiger partial charge in [-0.05, 0) is 49.8 Å². The van der Waals surface area contributed by atoms with Gasteiger partial charge >= 0.3 is 0 Å². The van der Waals surface area contributed by atoms with Gasteiger partial charge < -0.3 is 4.90 Å². The minimum absolute atomic E-state index is 0.0653. The van der Waals surface area contributed by atoms with Crippen molar-refractivity contribution in [2.45, 2.75) is 33.6 Å². The lowest BCUT2D eigenvalue weighted by Crippen LogP contribution is -2.36. The number of piperidine rings is 1. The first-order valence-electron chi connectivity index (χ1n) is 7.33. The Balaban J connectivity index is 2.24. The summed E-state index contributed by atoms with van der Waals surface area (Å²) >= 11 is 0. The van der Waals surface area contributed by atoms with Gasteiger partial charge in [0.05, 0.1) is 11.6 Å². The number of rotatable bonds is 3. The summed E-state index contributed by atoms with van der Waals surface area (Å²) in [6.45, 7) is 8.08. The van der Waals surface area contributed by atoms with Crippen LogP contribution < -0.4 is 4.90 Å². The number of carbonyl (C=O) groups excluding carboxylic acids is 1. The smallest absolute Gasteiger partial charge is 0.161 e. The summed E-state index contributed by atoms with van der Waals surface area (Å²) < 4.78 is 0. The molecule has 0 atom stereocenters. The predicted octanol–water partition coefficient (Wildman–Crippen LogP) is 3.63. The van der Waals surface area contributed by atoms with E-state index in [1.807, 2.05) is 6.07 Å². The predicted molar refractivity (Wildman–Crippen MR) is 80.9 cm³/mol. The van der Waals surface area contributed by atoms with E-state index >= 15 is 0 Å². The molecule has 1 aromatic carbocycles. The molecule has 0 radical (unpaired) electrons. The van der Waals surface area contributed by atoms with Crippen LogP contribution in [0.15, 0.2) is 18.2 Å². The lowest BCUT2D eigenvalue weighted by molar-refractivity contribution is 0.101. The summed E-state index contributed by atoms with van der Waals surface area (Å²) in [4.78, 5) is 14.0. The van der Waals surface area contributed by atoms with E-state index in [-0.39, 0.29) is 5.78 Å². The van der Waals surface area contributed by atoms with Gasteiger partial charge in [0.25, 0.3) is 0 Å². The Labute approximate surface area is 121 Å². The first-order valence-corrected chi connectivity index (χ1v) is 7.33. The molecule has 1 fully saturated rings. The van der Waals surface area contributed by atoms with Crippen molar-refractivity contribution < 1.29 is 4.79 Å². The van der Waals surface area contributed by atoms with Gasteiger partial charge in [0.1, 0.15) is 0 Å².